The number of thioether (sulfide) groups is 1. The lowest BCUT2D eigenvalue weighted by atomic mass is 9.95. The zero-order chi connectivity index (χ0) is 24.0. The van der Waals surface area contributed by atoms with Crippen LogP contribution in [0.4, 0.5) is 10.7 Å². The van der Waals surface area contributed by atoms with E-state index in [4.69, 9.17) is 9.84 Å². The Balaban J connectivity index is 1.66. The third kappa shape index (κ3) is 6.58. The molecule has 8 nitrogen and oxygen atoms in total. The van der Waals surface area contributed by atoms with Gasteiger partial charge in [0.1, 0.15) is 5.00 Å². The van der Waals surface area contributed by atoms with Gasteiger partial charge in [-0.25, -0.2) is 4.79 Å². The monoisotopic (exact) mass is 490 g/mol. The third-order valence-electron chi connectivity index (χ3n) is 5.16. The molecule has 33 heavy (non-hydrogen) atoms. The van der Waals surface area contributed by atoms with Crippen LogP contribution in [0.1, 0.15) is 53.4 Å². The fraction of sp³-hybridized carbons (Fsp3) is 0.391. The molecule has 1 aliphatic carbocycles. The summed E-state index contributed by atoms with van der Waals surface area (Å²) < 4.78 is 4.96. The standard InChI is InChI=1S/C23H26N2O6S2/c1-13(32-15-7-5-6-14(12-15)24-18(26)10-11-19(27)28)21(29)25-22-20(23(30)31-2)16-8-3-4-9-17(16)33-22/h5-7,12-13H,3-4,8-11H2,1-2H3,(H,24,26)(H,25,29)(H,27,28). The number of carbonyl (C=O) groups excluding carboxylic acids is 3. The Morgan fingerprint density at radius 2 is 1.91 bits per heavy atom. The summed E-state index contributed by atoms with van der Waals surface area (Å²) in [7, 11) is 1.34. The lowest BCUT2D eigenvalue weighted by molar-refractivity contribution is -0.138. The molecule has 0 radical (unpaired) electrons. The molecule has 1 aliphatic rings. The van der Waals surface area contributed by atoms with Crippen LogP contribution in [-0.2, 0) is 32.0 Å². The number of thiophene rings is 1. The number of aryl methyl sites for hydroxylation is 1. The lowest BCUT2D eigenvalue weighted by Crippen LogP contribution is -2.23. The van der Waals surface area contributed by atoms with Gasteiger partial charge < -0.3 is 20.5 Å². The molecule has 0 aliphatic heterocycles. The van der Waals surface area contributed by atoms with Crippen molar-refractivity contribution in [3.05, 3.63) is 40.3 Å². The summed E-state index contributed by atoms with van der Waals surface area (Å²) in [6, 6.07) is 7.01. The summed E-state index contributed by atoms with van der Waals surface area (Å²) in [4.78, 5) is 49.7. The Kier molecular flexibility index (Phi) is 8.51. The molecule has 2 amide bonds. The SMILES string of the molecule is COC(=O)c1c(NC(=O)C(C)Sc2cccc(NC(=O)CCC(=O)O)c2)sc2c1CCCC2. The first-order valence-corrected chi connectivity index (χ1v) is 12.3. The highest BCUT2D eigenvalue weighted by Crippen LogP contribution is 2.39. The first-order valence-electron chi connectivity index (χ1n) is 10.6. The van der Waals surface area contributed by atoms with Gasteiger partial charge in [-0.1, -0.05) is 6.07 Å². The zero-order valence-electron chi connectivity index (χ0n) is 18.4. The molecule has 0 spiro atoms. The Morgan fingerprint density at radius 1 is 1.15 bits per heavy atom. The van der Waals surface area contributed by atoms with E-state index in [1.54, 1.807) is 25.1 Å². The lowest BCUT2D eigenvalue weighted by Gasteiger charge is -2.14. The maximum absolute atomic E-state index is 12.9. The number of hydrogen-bond donors (Lipinski definition) is 3. The molecule has 0 bridgehead atoms. The highest BCUT2D eigenvalue weighted by Gasteiger charge is 2.28. The molecule has 1 atom stereocenters. The van der Waals surface area contributed by atoms with Gasteiger partial charge in [0.25, 0.3) is 0 Å². The number of esters is 1. The number of carbonyl (C=O) groups is 4. The van der Waals surface area contributed by atoms with Crippen LogP contribution in [0.15, 0.2) is 29.2 Å². The van der Waals surface area contributed by atoms with Gasteiger partial charge in [0.2, 0.25) is 11.8 Å². The number of carboxylic acids is 1. The quantitative estimate of drug-likeness (QED) is 0.353. The van der Waals surface area contributed by atoms with Gasteiger partial charge in [0, 0.05) is 21.9 Å². The average molecular weight is 491 g/mol. The number of benzene rings is 1. The summed E-state index contributed by atoms with van der Waals surface area (Å²) in [5.41, 5.74) is 1.98. The van der Waals surface area contributed by atoms with Crippen LogP contribution in [0.5, 0.6) is 0 Å². The van der Waals surface area contributed by atoms with E-state index in [9.17, 15) is 19.2 Å². The predicted molar refractivity (Wildman–Crippen MR) is 128 cm³/mol. The van der Waals surface area contributed by atoms with Crippen molar-refractivity contribution in [3.8, 4) is 0 Å². The van der Waals surface area contributed by atoms with Gasteiger partial charge in [0.05, 0.1) is 24.3 Å². The Morgan fingerprint density at radius 3 is 2.64 bits per heavy atom. The van der Waals surface area contributed by atoms with Crippen molar-refractivity contribution in [1.29, 1.82) is 0 Å². The van der Waals surface area contributed by atoms with Gasteiger partial charge in [-0.3, -0.25) is 14.4 Å². The van der Waals surface area contributed by atoms with Crippen molar-refractivity contribution in [1.82, 2.24) is 0 Å². The number of fused-ring (bicyclic) bond motifs is 1. The number of amides is 2. The maximum Gasteiger partial charge on any atom is 0.341 e. The van der Waals surface area contributed by atoms with E-state index in [1.807, 2.05) is 6.07 Å². The fourth-order valence-electron chi connectivity index (χ4n) is 3.53. The minimum atomic E-state index is -1.03. The van der Waals surface area contributed by atoms with E-state index in [0.717, 1.165) is 41.0 Å². The highest BCUT2D eigenvalue weighted by molar-refractivity contribution is 8.00. The van der Waals surface area contributed by atoms with Crippen molar-refractivity contribution in [2.45, 2.75) is 55.6 Å². The molecule has 176 valence electrons. The number of ether oxygens (including phenoxy) is 1. The van der Waals surface area contributed by atoms with Crippen molar-refractivity contribution in [3.63, 3.8) is 0 Å². The van der Waals surface area contributed by atoms with Crippen LogP contribution in [0, 0.1) is 0 Å². The molecule has 1 aromatic heterocycles. The highest BCUT2D eigenvalue weighted by atomic mass is 32.2. The molecule has 0 saturated carbocycles. The minimum Gasteiger partial charge on any atom is -0.481 e. The average Bonchev–Trinajstić information content (AvgIpc) is 3.15. The second-order valence-electron chi connectivity index (χ2n) is 7.63. The topological polar surface area (TPSA) is 122 Å². The Bertz CT molecular complexity index is 1070. The van der Waals surface area contributed by atoms with Crippen molar-refractivity contribution < 1.29 is 29.0 Å². The summed E-state index contributed by atoms with van der Waals surface area (Å²) in [5.74, 6) is -2.09. The predicted octanol–water partition coefficient (Wildman–Crippen LogP) is 4.34. The van der Waals surface area contributed by atoms with Gasteiger partial charge >= 0.3 is 11.9 Å². The van der Waals surface area contributed by atoms with Crippen LogP contribution in [0.25, 0.3) is 0 Å². The van der Waals surface area contributed by atoms with E-state index in [1.165, 1.54) is 30.2 Å². The van der Waals surface area contributed by atoms with Crippen LogP contribution in [0.2, 0.25) is 0 Å². The van der Waals surface area contributed by atoms with E-state index in [2.05, 4.69) is 10.6 Å². The number of rotatable bonds is 9. The number of nitrogens with one attached hydrogen (secondary N) is 2. The second kappa shape index (κ2) is 11.3. The molecule has 3 rings (SSSR count). The maximum atomic E-state index is 12.9. The molecule has 1 heterocycles. The third-order valence-corrected chi connectivity index (χ3v) is 7.46. The molecule has 3 N–H and O–H groups in total. The number of anilines is 2. The van der Waals surface area contributed by atoms with Crippen LogP contribution >= 0.6 is 23.1 Å². The Hall–Kier alpha value is -2.85. The molecule has 0 fully saturated rings. The first kappa shape index (κ1) is 24.8. The number of hydrogen-bond acceptors (Lipinski definition) is 7. The first-order chi connectivity index (χ1) is 15.8. The molecule has 2 aromatic rings. The summed E-state index contributed by atoms with van der Waals surface area (Å²) >= 11 is 2.76. The number of carboxylic acid groups (broad SMARTS) is 1. The van der Waals surface area contributed by atoms with E-state index in [-0.39, 0.29) is 24.7 Å². The van der Waals surface area contributed by atoms with Crippen LogP contribution < -0.4 is 10.6 Å². The summed E-state index contributed by atoms with van der Waals surface area (Å²) in [6.07, 6.45) is 3.43. The molecule has 0 saturated heterocycles. The second-order valence-corrected chi connectivity index (χ2v) is 10.1. The van der Waals surface area contributed by atoms with Gasteiger partial charge in [0.15, 0.2) is 0 Å². The van der Waals surface area contributed by atoms with E-state index < -0.39 is 17.2 Å². The smallest absolute Gasteiger partial charge is 0.341 e. The number of aliphatic carboxylic acids is 1. The van der Waals surface area contributed by atoms with E-state index in [0.29, 0.717) is 16.3 Å². The zero-order valence-corrected chi connectivity index (χ0v) is 20.1. The minimum absolute atomic E-state index is 0.112. The fourth-order valence-corrected chi connectivity index (χ4v) is 5.74. The van der Waals surface area contributed by atoms with Gasteiger partial charge in [-0.2, -0.15) is 0 Å². The van der Waals surface area contributed by atoms with Gasteiger partial charge in [-0.15, -0.1) is 23.1 Å². The van der Waals surface area contributed by atoms with Gasteiger partial charge in [-0.05, 0) is 56.4 Å². The molecular formula is C23H26N2O6S2. The van der Waals surface area contributed by atoms with Crippen LogP contribution in [0.3, 0.4) is 0 Å². The molecular weight excluding hydrogens is 464 g/mol. The van der Waals surface area contributed by atoms with Crippen LogP contribution in [-0.4, -0.2) is 41.2 Å². The molecule has 10 heteroatoms. The van der Waals surface area contributed by atoms with Crippen molar-refractivity contribution >= 4 is 57.5 Å². The summed E-state index contributed by atoms with van der Waals surface area (Å²) in [6.45, 7) is 1.77. The van der Waals surface area contributed by atoms with E-state index >= 15 is 0 Å². The summed E-state index contributed by atoms with van der Waals surface area (Å²) in [5, 5.41) is 14.3. The van der Waals surface area contributed by atoms with Crippen molar-refractivity contribution in [2.24, 2.45) is 0 Å². The normalized spacial score (nSPS) is 13.5. The van der Waals surface area contributed by atoms with Crippen molar-refractivity contribution in [2.75, 3.05) is 17.7 Å². The Labute approximate surface area is 200 Å². The largest absolute Gasteiger partial charge is 0.481 e. The molecule has 1 aromatic carbocycles. The molecule has 1 unspecified atom stereocenters. The number of methoxy groups -OCH3 is 1.